The minimum absolute atomic E-state index is 0.0771. The highest BCUT2D eigenvalue weighted by Crippen LogP contribution is 2.17. The van der Waals surface area contributed by atoms with Crippen LogP contribution in [-0.2, 0) is 17.9 Å². The average molecular weight is 424 g/mol. The summed E-state index contributed by atoms with van der Waals surface area (Å²) in [5.41, 5.74) is 1.11. The summed E-state index contributed by atoms with van der Waals surface area (Å²) in [4.78, 5) is 35.0. The lowest BCUT2D eigenvalue weighted by Crippen LogP contribution is -2.35. The summed E-state index contributed by atoms with van der Waals surface area (Å²) in [5, 5.41) is 13.3. The number of para-hydroxylation sites is 1. The first-order valence-electron chi connectivity index (χ1n) is 9.33. The van der Waals surface area contributed by atoms with Crippen LogP contribution in [0.5, 0.6) is 0 Å². The Morgan fingerprint density at radius 1 is 1.17 bits per heavy atom. The zero-order chi connectivity index (χ0) is 21.1. The van der Waals surface area contributed by atoms with Crippen LogP contribution in [0.1, 0.15) is 12.7 Å². The first-order chi connectivity index (χ1) is 14.5. The van der Waals surface area contributed by atoms with Gasteiger partial charge in [0.1, 0.15) is 12.4 Å². The zero-order valence-electron chi connectivity index (χ0n) is 16.1. The van der Waals surface area contributed by atoms with Crippen LogP contribution in [0.25, 0.3) is 22.3 Å². The van der Waals surface area contributed by atoms with E-state index in [4.69, 9.17) is 11.6 Å². The molecule has 0 aliphatic heterocycles. The quantitative estimate of drug-likeness (QED) is 0.509. The van der Waals surface area contributed by atoms with Crippen molar-refractivity contribution in [3.8, 4) is 11.4 Å². The molecule has 0 saturated carbocycles. The molecule has 0 radical (unpaired) electrons. The molecule has 152 valence electrons. The summed E-state index contributed by atoms with van der Waals surface area (Å²) >= 11 is 5.89. The molecule has 2 aromatic carbocycles. The van der Waals surface area contributed by atoms with Crippen LogP contribution in [0.3, 0.4) is 0 Å². The number of halogens is 1. The molecule has 0 unspecified atom stereocenters. The van der Waals surface area contributed by atoms with Crippen LogP contribution in [0.2, 0.25) is 5.02 Å². The number of carbonyl (C=O) groups is 1. The van der Waals surface area contributed by atoms with E-state index in [0.29, 0.717) is 34.1 Å². The number of nitrogens with zero attached hydrogens (tertiary/aromatic N) is 6. The Bertz CT molecular complexity index is 1250. The topological polar surface area (TPSA) is 110 Å². The highest BCUT2D eigenvalue weighted by molar-refractivity contribution is 6.30. The number of hydrogen-bond donors (Lipinski definition) is 1. The molecule has 0 spiro atoms. The van der Waals surface area contributed by atoms with Gasteiger partial charge in [0.2, 0.25) is 11.7 Å². The lowest BCUT2D eigenvalue weighted by atomic mass is 10.2. The predicted octanol–water partition coefficient (Wildman–Crippen LogP) is 2.28. The van der Waals surface area contributed by atoms with Crippen LogP contribution in [0.15, 0.2) is 53.3 Å². The van der Waals surface area contributed by atoms with E-state index in [1.807, 2.05) is 13.0 Å². The second kappa shape index (κ2) is 8.42. The summed E-state index contributed by atoms with van der Waals surface area (Å²) < 4.78 is 0. The maximum atomic E-state index is 12.7. The summed E-state index contributed by atoms with van der Waals surface area (Å²) in [6.45, 7) is 2.39. The summed E-state index contributed by atoms with van der Waals surface area (Å²) in [6.07, 6.45) is 0. The highest BCUT2D eigenvalue weighted by atomic mass is 35.5. The van der Waals surface area contributed by atoms with Gasteiger partial charge in [-0.05, 0) is 48.5 Å². The molecule has 0 aliphatic carbocycles. The number of H-pyrrole nitrogens is 1. The van der Waals surface area contributed by atoms with E-state index in [1.165, 1.54) is 4.80 Å². The Hall–Kier alpha value is -3.59. The molecule has 10 heteroatoms. The number of tetrazole rings is 1. The number of nitrogens with one attached hydrogen (secondary N) is 1. The molecule has 0 bridgehead atoms. The number of benzene rings is 2. The molecule has 0 aliphatic rings. The van der Waals surface area contributed by atoms with Gasteiger partial charge < -0.3 is 9.88 Å². The molecule has 9 nitrogen and oxygen atoms in total. The van der Waals surface area contributed by atoms with Gasteiger partial charge in [-0.3, -0.25) is 9.59 Å². The van der Waals surface area contributed by atoms with Gasteiger partial charge in [-0.1, -0.05) is 23.7 Å². The lowest BCUT2D eigenvalue weighted by molar-refractivity contribution is -0.132. The number of hydrogen-bond acceptors (Lipinski definition) is 6. The molecule has 0 fully saturated rings. The van der Waals surface area contributed by atoms with Crippen molar-refractivity contribution < 1.29 is 4.79 Å². The molecular formula is C20H18ClN7O2. The monoisotopic (exact) mass is 423 g/mol. The molecule has 0 saturated heterocycles. The smallest absolute Gasteiger partial charge is 0.258 e. The van der Waals surface area contributed by atoms with Crippen molar-refractivity contribution in [2.75, 3.05) is 6.54 Å². The van der Waals surface area contributed by atoms with E-state index >= 15 is 0 Å². The Labute approximate surface area is 176 Å². The zero-order valence-corrected chi connectivity index (χ0v) is 16.9. The van der Waals surface area contributed by atoms with Crippen LogP contribution in [-0.4, -0.2) is 47.5 Å². The third kappa shape index (κ3) is 4.20. The number of aromatic nitrogens is 6. The number of likely N-dealkylation sites (N-methyl/N-ethyl adjacent to an activating group) is 1. The predicted molar refractivity (Wildman–Crippen MR) is 112 cm³/mol. The molecule has 2 aromatic heterocycles. The maximum Gasteiger partial charge on any atom is 0.258 e. The average Bonchev–Trinajstić information content (AvgIpc) is 3.21. The third-order valence-corrected chi connectivity index (χ3v) is 4.82. The van der Waals surface area contributed by atoms with Gasteiger partial charge in [0.05, 0.1) is 17.4 Å². The molecule has 0 atom stereocenters. The molecule has 30 heavy (non-hydrogen) atoms. The van der Waals surface area contributed by atoms with Gasteiger partial charge in [0.25, 0.3) is 5.56 Å². The minimum atomic E-state index is -0.232. The van der Waals surface area contributed by atoms with Crippen molar-refractivity contribution in [3.63, 3.8) is 0 Å². The van der Waals surface area contributed by atoms with Crippen LogP contribution < -0.4 is 5.56 Å². The minimum Gasteiger partial charge on any atom is -0.334 e. The third-order valence-electron chi connectivity index (χ3n) is 4.57. The number of carbonyl (C=O) groups excluding carboxylic acids is 1. The number of rotatable bonds is 6. The first-order valence-corrected chi connectivity index (χ1v) is 9.70. The molecule has 1 amide bonds. The fraction of sp³-hybridized carbons (Fsp3) is 0.200. The maximum absolute atomic E-state index is 12.7. The van der Waals surface area contributed by atoms with Crippen molar-refractivity contribution in [1.29, 1.82) is 0 Å². The molecular weight excluding hydrogens is 406 g/mol. The van der Waals surface area contributed by atoms with Gasteiger partial charge in [-0.15, -0.1) is 10.2 Å². The molecule has 1 N–H and O–H groups in total. The summed E-state index contributed by atoms with van der Waals surface area (Å²) in [5.74, 6) is 0.610. The van der Waals surface area contributed by atoms with Crippen molar-refractivity contribution in [2.24, 2.45) is 0 Å². The molecule has 4 rings (SSSR count). The number of amides is 1. The Morgan fingerprint density at radius 3 is 2.70 bits per heavy atom. The van der Waals surface area contributed by atoms with Gasteiger partial charge in [0, 0.05) is 17.1 Å². The Morgan fingerprint density at radius 2 is 1.93 bits per heavy atom. The normalized spacial score (nSPS) is 11.0. The van der Waals surface area contributed by atoms with Gasteiger partial charge in [0.15, 0.2) is 0 Å². The van der Waals surface area contributed by atoms with E-state index in [9.17, 15) is 9.59 Å². The summed E-state index contributed by atoms with van der Waals surface area (Å²) in [6, 6.07) is 14.1. The summed E-state index contributed by atoms with van der Waals surface area (Å²) in [7, 11) is 0. The Kier molecular flexibility index (Phi) is 5.53. The number of aromatic amines is 1. The van der Waals surface area contributed by atoms with Crippen molar-refractivity contribution in [1.82, 2.24) is 35.1 Å². The number of fused-ring (bicyclic) bond motifs is 1. The molecule has 2 heterocycles. The SMILES string of the molecule is CCN(Cc1nc2ccccc2c(=O)[nH]1)C(=O)Cn1nnc(-c2ccc(Cl)cc2)n1. The highest BCUT2D eigenvalue weighted by Gasteiger charge is 2.17. The van der Waals surface area contributed by atoms with E-state index in [1.54, 1.807) is 47.4 Å². The van der Waals surface area contributed by atoms with E-state index < -0.39 is 0 Å². The van der Waals surface area contributed by atoms with Crippen molar-refractivity contribution in [2.45, 2.75) is 20.0 Å². The standard InChI is InChI=1S/C20H18ClN7O2/c1-2-27(11-17-22-16-6-4-3-5-15(16)20(30)23-17)18(29)12-28-25-19(24-26-28)13-7-9-14(21)10-8-13/h3-10H,2,11-12H2,1H3,(H,22,23,30). The van der Waals surface area contributed by atoms with E-state index in [0.717, 1.165) is 5.56 Å². The van der Waals surface area contributed by atoms with Crippen LogP contribution in [0, 0.1) is 0 Å². The largest absolute Gasteiger partial charge is 0.334 e. The Balaban J connectivity index is 1.48. The van der Waals surface area contributed by atoms with Crippen molar-refractivity contribution in [3.05, 3.63) is 69.7 Å². The van der Waals surface area contributed by atoms with E-state index in [-0.39, 0.29) is 24.6 Å². The lowest BCUT2D eigenvalue weighted by Gasteiger charge is -2.19. The first kappa shape index (κ1) is 19.7. The van der Waals surface area contributed by atoms with Gasteiger partial charge in [-0.25, -0.2) is 4.98 Å². The second-order valence-corrected chi connectivity index (χ2v) is 7.02. The fourth-order valence-electron chi connectivity index (χ4n) is 3.01. The van der Waals surface area contributed by atoms with Gasteiger partial charge >= 0.3 is 0 Å². The van der Waals surface area contributed by atoms with Gasteiger partial charge in [-0.2, -0.15) is 4.80 Å². The fourth-order valence-corrected chi connectivity index (χ4v) is 3.14. The van der Waals surface area contributed by atoms with Crippen molar-refractivity contribution >= 4 is 28.4 Å². The second-order valence-electron chi connectivity index (χ2n) is 6.59. The molecule has 4 aromatic rings. The van der Waals surface area contributed by atoms with Crippen LogP contribution in [0.4, 0.5) is 0 Å². The van der Waals surface area contributed by atoms with Crippen LogP contribution >= 0.6 is 11.6 Å². The van der Waals surface area contributed by atoms with E-state index in [2.05, 4.69) is 25.4 Å².